The van der Waals surface area contributed by atoms with Gasteiger partial charge in [-0.05, 0) is 6.42 Å². The molecule has 0 unspecified atom stereocenters. The molecule has 2 atom stereocenters. The third-order valence-corrected chi connectivity index (χ3v) is 5.12. The number of carbonyl (C=O) groups is 1. The minimum absolute atomic E-state index is 0.0386. The number of aromatic nitrogens is 3. The van der Waals surface area contributed by atoms with Gasteiger partial charge in [-0.15, -0.1) is 0 Å². The van der Waals surface area contributed by atoms with Crippen molar-refractivity contribution in [2.75, 3.05) is 31.1 Å². The van der Waals surface area contributed by atoms with E-state index in [1.807, 2.05) is 6.07 Å². The number of anilines is 1. The Hall–Kier alpha value is -3.35. The zero-order valence-electron chi connectivity index (χ0n) is 15.5. The highest BCUT2D eigenvalue weighted by Gasteiger charge is 2.38. The maximum atomic E-state index is 14.9. The molecule has 2 aliphatic rings. The van der Waals surface area contributed by atoms with Gasteiger partial charge < -0.3 is 14.5 Å². The van der Waals surface area contributed by atoms with E-state index in [2.05, 4.69) is 15.0 Å². The molecule has 0 spiro atoms. The van der Waals surface area contributed by atoms with Gasteiger partial charge in [0.15, 0.2) is 5.82 Å². The molecule has 1 amide bonds. The van der Waals surface area contributed by atoms with Gasteiger partial charge in [0.25, 0.3) is 0 Å². The minimum atomic E-state index is -1.41. The van der Waals surface area contributed by atoms with Crippen molar-refractivity contribution in [1.82, 2.24) is 19.9 Å². The summed E-state index contributed by atoms with van der Waals surface area (Å²) in [6.07, 6.45) is 3.93. The lowest BCUT2D eigenvalue weighted by molar-refractivity contribution is -0.139. The highest BCUT2D eigenvalue weighted by Crippen LogP contribution is 2.29. The Kier molecular flexibility index (Phi) is 5.20. The first-order valence-electron chi connectivity index (χ1n) is 9.22. The first-order valence-corrected chi connectivity index (χ1v) is 9.22. The van der Waals surface area contributed by atoms with E-state index in [9.17, 15) is 18.8 Å². The topological polar surface area (TPSA) is 95.2 Å². The molecule has 150 valence electrons. The van der Waals surface area contributed by atoms with Crippen molar-refractivity contribution in [3.63, 3.8) is 0 Å². The van der Waals surface area contributed by atoms with Gasteiger partial charge in [0.1, 0.15) is 30.2 Å². The van der Waals surface area contributed by atoms with Crippen LogP contribution in [0.3, 0.4) is 0 Å². The van der Waals surface area contributed by atoms with E-state index in [0.29, 0.717) is 36.4 Å². The summed E-state index contributed by atoms with van der Waals surface area (Å²) in [4.78, 5) is 27.9. The molecule has 1 fully saturated rings. The molecular weight excluding hydrogens is 382 g/mol. The van der Waals surface area contributed by atoms with Crippen LogP contribution >= 0.6 is 0 Å². The summed E-state index contributed by atoms with van der Waals surface area (Å²) < 4.78 is 33.5. The fourth-order valence-electron chi connectivity index (χ4n) is 3.65. The van der Waals surface area contributed by atoms with Crippen LogP contribution in [0.2, 0.25) is 0 Å². The molecule has 1 saturated heterocycles. The lowest BCUT2D eigenvalue weighted by Crippen LogP contribution is -2.49. The Morgan fingerprint density at radius 1 is 1.24 bits per heavy atom. The van der Waals surface area contributed by atoms with Crippen LogP contribution in [0.15, 0.2) is 24.8 Å². The monoisotopic (exact) mass is 400 g/mol. The molecule has 4 rings (SSSR count). The number of hydrogen-bond donors (Lipinski definition) is 0. The lowest BCUT2D eigenvalue weighted by atomic mass is 9.93. The van der Waals surface area contributed by atoms with E-state index in [-0.39, 0.29) is 31.6 Å². The van der Waals surface area contributed by atoms with Gasteiger partial charge in [0.05, 0.1) is 37.9 Å². The highest BCUT2D eigenvalue weighted by molar-refractivity contribution is 5.80. The number of halogens is 2. The van der Waals surface area contributed by atoms with Gasteiger partial charge in [0, 0.05) is 24.5 Å². The average molecular weight is 400 g/mol. The maximum absolute atomic E-state index is 14.9. The summed E-state index contributed by atoms with van der Waals surface area (Å²) in [5.74, 6) is -0.977. The number of hydrogen-bond acceptors (Lipinski definition) is 7. The summed E-state index contributed by atoms with van der Waals surface area (Å²) in [5.41, 5.74) is 0.940. The fourth-order valence-corrected chi connectivity index (χ4v) is 3.65. The van der Waals surface area contributed by atoms with Crippen LogP contribution in [0, 0.1) is 23.1 Å². The molecule has 2 aliphatic heterocycles. The summed E-state index contributed by atoms with van der Waals surface area (Å²) in [6.45, 7) is 1.08. The molecule has 0 radical (unpaired) electrons. The van der Waals surface area contributed by atoms with Crippen LogP contribution in [-0.4, -0.2) is 58.2 Å². The van der Waals surface area contributed by atoms with Gasteiger partial charge in [0.2, 0.25) is 11.9 Å². The quantitative estimate of drug-likeness (QED) is 0.753. The normalized spacial score (nSPS) is 21.6. The SMILES string of the molecule is N#Cc1cncc2c1OCCN(C(=O)[C@@H]1CCN(c3ncc(F)cn3)C[C@H]1F)C2. The largest absolute Gasteiger partial charge is 0.490 e. The summed E-state index contributed by atoms with van der Waals surface area (Å²) in [7, 11) is 0. The standard InChI is InChI=1S/C19H18F2N6O2/c20-14-8-24-19(25-9-14)27-2-1-15(16(21)11-27)18(28)26-3-4-29-17-12(5-22)6-23-7-13(17)10-26/h6-9,15-16H,1-4,10-11H2/t15-,16-/m1/s1. The predicted octanol–water partition coefficient (Wildman–Crippen LogP) is 1.47. The van der Waals surface area contributed by atoms with Gasteiger partial charge in [-0.1, -0.05) is 0 Å². The Labute approximate surface area is 165 Å². The first-order chi connectivity index (χ1) is 14.1. The average Bonchev–Trinajstić information content (AvgIpc) is 2.96. The molecule has 10 heteroatoms. The van der Waals surface area contributed by atoms with E-state index >= 15 is 0 Å². The summed E-state index contributed by atoms with van der Waals surface area (Å²) >= 11 is 0. The van der Waals surface area contributed by atoms with E-state index in [1.54, 1.807) is 16.0 Å². The van der Waals surface area contributed by atoms with Crippen LogP contribution in [0.5, 0.6) is 5.75 Å². The highest BCUT2D eigenvalue weighted by atomic mass is 19.1. The predicted molar refractivity (Wildman–Crippen MR) is 97.1 cm³/mol. The molecule has 2 aromatic rings. The number of fused-ring (bicyclic) bond motifs is 1. The Balaban J connectivity index is 1.46. The second kappa shape index (κ2) is 7.95. The van der Waals surface area contributed by atoms with Crippen LogP contribution in [-0.2, 0) is 11.3 Å². The number of ether oxygens (including phenoxy) is 1. The molecule has 0 saturated carbocycles. The molecule has 0 bridgehead atoms. The van der Waals surface area contributed by atoms with E-state index in [0.717, 1.165) is 12.4 Å². The van der Waals surface area contributed by atoms with Crippen molar-refractivity contribution in [2.24, 2.45) is 5.92 Å². The van der Waals surface area contributed by atoms with Crippen LogP contribution in [0.25, 0.3) is 0 Å². The molecule has 2 aromatic heterocycles. The van der Waals surface area contributed by atoms with Gasteiger partial charge in [-0.25, -0.2) is 18.7 Å². The number of rotatable bonds is 2. The van der Waals surface area contributed by atoms with Crippen molar-refractivity contribution in [1.29, 1.82) is 5.26 Å². The molecule has 29 heavy (non-hydrogen) atoms. The Morgan fingerprint density at radius 2 is 2.03 bits per heavy atom. The van der Waals surface area contributed by atoms with Crippen LogP contribution in [0.1, 0.15) is 17.5 Å². The molecule has 8 nitrogen and oxygen atoms in total. The second-order valence-corrected chi connectivity index (χ2v) is 6.95. The van der Waals surface area contributed by atoms with Gasteiger partial charge >= 0.3 is 0 Å². The summed E-state index contributed by atoms with van der Waals surface area (Å²) in [5, 5.41) is 9.20. The van der Waals surface area contributed by atoms with Crippen molar-refractivity contribution in [3.8, 4) is 11.8 Å². The van der Waals surface area contributed by atoms with Gasteiger partial charge in [-0.3, -0.25) is 9.78 Å². The smallest absolute Gasteiger partial charge is 0.229 e. The fraction of sp³-hybridized carbons (Fsp3) is 0.421. The number of pyridine rings is 1. The minimum Gasteiger partial charge on any atom is -0.490 e. The Morgan fingerprint density at radius 3 is 2.76 bits per heavy atom. The van der Waals surface area contributed by atoms with Crippen LogP contribution in [0.4, 0.5) is 14.7 Å². The van der Waals surface area contributed by atoms with E-state index < -0.39 is 17.9 Å². The second-order valence-electron chi connectivity index (χ2n) is 6.95. The summed E-state index contributed by atoms with van der Waals surface area (Å²) in [6, 6.07) is 2.03. The number of amides is 1. The third kappa shape index (κ3) is 3.81. The van der Waals surface area contributed by atoms with Crippen molar-refractivity contribution in [3.05, 3.63) is 41.7 Å². The number of nitrogens with zero attached hydrogens (tertiary/aromatic N) is 6. The number of alkyl halides is 1. The third-order valence-electron chi connectivity index (χ3n) is 5.12. The molecule has 0 aliphatic carbocycles. The first kappa shape index (κ1) is 19.0. The molecular formula is C19H18F2N6O2. The lowest BCUT2D eigenvalue weighted by Gasteiger charge is -2.36. The van der Waals surface area contributed by atoms with Crippen molar-refractivity contribution in [2.45, 2.75) is 19.1 Å². The maximum Gasteiger partial charge on any atom is 0.229 e. The molecule has 0 aromatic carbocycles. The van der Waals surface area contributed by atoms with E-state index in [4.69, 9.17) is 4.74 Å². The Bertz CT molecular complexity index is 949. The molecule has 4 heterocycles. The number of piperidine rings is 1. The van der Waals surface area contributed by atoms with Crippen LogP contribution < -0.4 is 9.64 Å². The molecule has 0 N–H and O–H groups in total. The van der Waals surface area contributed by atoms with Crippen molar-refractivity contribution < 1.29 is 18.3 Å². The number of nitriles is 1. The zero-order valence-corrected chi connectivity index (χ0v) is 15.5. The number of carbonyl (C=O) groups excluding carboxylic acids is 1. The zero-order chi connectivity index (χ0) is 20.4. The van der Waals surface area contributed by atoms with Gasteiger partial charge in [-0.2, -0.15) is 5.26 Å². The van der Waals surface area contributed by atoms with Crippen molar-refractivity contribution >= 4 is 11.9 Å². The van der Waals surface area contributed by atoms with E-state index in [1.165, 1.54) is 6.20 Å².